The van der Waals surface area contributed by atoms with Gasteiger partial charge in [0.1, 0.15) is 11.4 Å². The third-order valence-electron chi connectivity index (χ3n) is 1.99. The van der Waals surface area contributed by atoms with Crippen molar-refractivity contribution < 1.29 is 14.3 Å². The van der Waals surface area contributed by atoms with Crippen LogP contribution in [-0.2, 0) is 0 Å². The summed E-state index contributed by atoms with van der Waals surface area (Å²) in [7, 11) is 0. The summed E-state index contributed by atoms with van der Waals surface area (Å²) >= 11 is 0. The highest BCUT2D eigenvalue weighted by atomic mass is 19.1. The van der Waals surface area contributed by atoms with Crippen LogP contribution in [0.2, 0.25) is 0 Å². The standard InChI is InChI=1S/C10H8FN3O2/c1-6-3-13-14(5-6)9-8(10(15)16)2-7(11)4-12-9/h2-5H,1H3,(H,15,16). The van der Waals surface area contributed by atoms with Crippen LogP contribution in [-0.4, -0.2) is 25.8 Å². The Morgan fingerprint density at radius 1 is 1.50 bits per heavy atom. The molecule has 2 aromatic rings. The van der Waals surface area contributed by atoms with Crippen LogP contribution in [0.25, 0.3) is 5.82 Å². The first-order valence-electron chi connectivity index (χ1n) is 4.48. The molecule has 82 valence electrons. The van der Waals surface area contributed by atoms with E-state index in [1.54, 1.807) is 12.4 Å². The fourth-order valence-electron chi connectivity index (χ4n) is 1.30. The van der Waals surface area contributed by atoms with E-state index in [2.05, 4.69) is 10.1 Å². The van der Waals surface area contributed by atoms with Crippen molar-refractivity contribution in [1.29, 1.82) is 0 Å². The Labute approximate surface area is 90.2 Å². The Hall–Kier alpha value is -2.24. The van der Waals surface area contributed by atoms with E-state index in [0.29, 0.717) is 0 Å². The highest BCUT2D eigenvalue weighted by Gasteiger charge is 2.14. The van der Waals surface area contributed by atoms with Gasteiger partial charge in [-0.3, -0.25) is 0 Å². The van der Waals surface area contributed by atoms with Gasteiger partial charge in [-0.15, -0.1) is 0 Å². The molecular weight excluding hydrogens is 213 g/mol. The van der Waals surface area contributed by atoms with Crippen molar-refractivity contribution in [3.8, 4) is 5.82 Å². The van der Waals surface area contributed by atoms with E-state index in [0.717, 1.165) is 17.8 Å². The van der Waals surface area contributed by atoms with Gasteiger partial charge in [0.05, 0.1) is 12.4 Å². The number of hydrogen-bond acceptors (Lipinski definition) is 3. The van der Waals surface area contributed by atoms with Crippen molar-refractivity contribution in [1.82, 2.24) is 14.8 Å². The minimum atomic E-state index is -1.24. The SMILES string of the molecule is Cc1cnn(-c2ncc(F)cc2C(=O)O)c1. The van der Waals surface area contributed by atoms with Crippen molar-refractivity contribution in [2.75, 3.05) is 0 Å². The van der Waals surface area contributed by atoms with Crippen LogP contribution < -0.4 is 0 Å². The number of hydrogen-bond donors (Lipinski definition) is 1. The van der Waals surface area contributed by atoms with Gasteiger partial charge in [-0.2, -0.15) is 5.10 Å². The van der Waals surface area contributed by atoms with E-state index in [9.17, 15) is 9.18 Å². The topological polar surface area (TPSA) is 68.0 Å². The van der Waals surface area contributed by atoms with Crippen molar-refractivity contribution in [3.05, 3.63) is 41.6 Å². The summed E-state index contributed by atoms with van der Waals surface area (Å²) in [6.07, 6.45) is 4.14. The largest absolute Gasteiger partial charge is 0.478 e. The number of aromatic nitrogens is 3. The van der Waals surface area contributed by atoms with Crippen LogP contribution >= 0.6 is 0 Å². The van der Waals surface area contributed by atoms with Crippen LogP contribution in [0, 0.1) is 12.7 Å². The van der Waals surface area contributed by atoms with Crippen molar-refractivity contribution in [2.45, 2.75) is 6.92 Å². The van der Waals surface area contributed by atoms with Crippen molar-refractivity contribution >= 4 is 5.97 Å². The number of rotatable bonds is 2. The van der Waals surface area contributed by atoms with Gasteiger partial charge >= 0.3 is 5.97 Å². The number of aromatic carboxylic acids is 1. The van der Waals surface area contributed by atoms with Gasteiger partial charge in [0.15, 0.2) is 5.82 Å². The quantitative estimate of drug-likeness (QED) is 0.832. The monoisotopic (exact) mass is 221 g/mol. The molecule has 16 heavy (non-hydrogen) atoms. The predicted octanol–water partition coefficient (Wildman–Crippen LogP) is 1.41. The molecule has 0 aliphatic carbocycles. The number of carboxylic acids is 1. The molecule has 5 nitrogen and oxygen atoms in total. The number of carbonyl (C=O) groups is 1. The lowest BCUT2D eigenvalue weighted by atomic mass is 10.2. The molecule has 6 heteroatoms. The molecule has 0 saturated carbocycles. The Morgan fingerprint density at radius 3 is 2.81 bits per heavy atom. The lowest BCUT2D eigenvalue weighted by Crippen LogP contribution is -2.08. The summed E-state index contributed by atoms with van der Waals surface area (Å²) in [5.74, 6) is -1.83. The number of carboxylic acid groups (broad SMARTS) is 1. The van der Waals surface area contributed by atoms with Crippen molar-refractivity contribution in [3.63, 3.8) is 0 Å². The number of aryl methyl sites for hydroxylation is 1. The summed E-state index contributed by atoms with van der Waals surface area (Å²) in [5.41, 5.74) is 0.644. The highest BCUT2D eigenvalue weighted by Crippen LogP contribution is 2.13. The summed E-state index contributed by atoms with van der Waals surface area (Å²) in [5, 5.41) is 12.8. The lowest BCUT2D eigenvalue weighted by Gasteiger charge is -2.04. The van der Waals surface area contributed by atoms with E-state index in [4.69, 9.17) is 5.11 Å². The van der Waals surface area contributed by atoms with Gasteiger partial charge in [0, 0.05) is 6.20 Å². The van der Waals surface area contributed by atoms with Gasteiger partial charge in [-0.05, 0) is 18.6 Å². The molecule has 2 aromatic heterocycles. The molecule has 0 bridgehead atoms. The summed E-state index contributed by atoms with van der Waals surface area (Å²) in [6.45, 7) is 1.81. The molecule has 2 heterocycles. The van der Waals surface area contributed by atoms with Gasteiger partial charge in [-0.1, -0.05) is 0 Å². The third-order valence-corrected chi connectivity index (χ3v) is 1.99. The predicted molar refractivity (Wildman–Crippen MR) is 53.0 cm³/mol. The average molecular weight is 221 g/mol. The summed E-state index contributed by atoms with van der Waals surface area (Å²) < 4.78 is 14.2. The summed E-state index contributed by atoms with van der Waals surface area (Å²) in [4.78, 5) is 14.6. The fourth-order valence-corrected chi connectivity index (χ4v) is 1.30. The van der Waals surface area contributed by atoms with Gasteiger partial charge in [0.2, 0.25) is 0 Å². The second-order valence-corrected chi connectivity index (χ2v) is 3.29. The van der Waals surface area contributed by atoms with Crippen LogP contribution in [0.3, 0.4) is 0 Å². The molecule has 0 aliphatic heterocycles. The molecule has 0 atom stereocenters. The van der Waals surface area contributed by atoms with Gasteiger partial charge in [0.25, 0.3) is 0 Å². The zero-order chi connectivity index (χ0) is 11.7. The third kappa shape index (κ3) is 1.77. The van der Waals surface area contributed by atoms with E-state index in [1.807, 2.05) is 6.92 Å². The average Bonchev–Trinajstić information content (AvgIpc) is 2.64. The van der Waals surface area contributed by atoms with Crippen LogP contribution in [0.4, 0.5) is 4.39 Å². The first-order valence-corrected chi connectivity index (χ1v) is 4.48. The molecule has 0 saturated heterocycles. The molecule has 0 unspecified atom stereocenters. The van der Waals surface area contributed by atoms with E-state index in [-0.39, 0.29) is 11.4 Å². The van der Waals surface area contributed by atoms with Crippen LogP contribution in [0.1, 0.15) is 15.9 Å². The maximum absolute atomic E-state index is 12.9. The first kappa shape index (κ1) is 10.3. The van der Waals surface area contributed by atoms with E-state index >= 15 is 0 Å². The minimum absolute atomic E-state index is 0.0991. The fraction of sp³-hybridized carbons (Fsp3) is 0.100. The number of pyridine rings is 1. The van der Waals surface area contributed by atoms with Gasteiger partial charge < -0.3 is 5.11 Å². The highest BCUT2D eigenvalue weighted by molar-refractivity contribution is 5.91. The van der Waals surface area contributed by atoms with Crippen molar-refractivity contribution in [2.24, 2.45) is 0 Å². The maximum Gasteiger partial charge on any atom is 0.339 e. The second-order valence-electron chi connectivity index (χ2n) is 3.29. The Morgan fingerprint density at radius 2 is 2.25 bits per heavy atom. The minimum Gasteiger partial charge on any atom is -0.478 e. The molecule has 0 aromatic carbocycles. The first-order chi connectivity index (χ1) is 7.58. The van der Waals surface area contributed by atoms with E-state index < -0.39 is 11.8 Å². The maximum atomic E-state index is 12.9. The molecule has 0 radical (unpaired) electrons. The van der Waals surface area contributed by atoms with E-state index in [1.165, 1.54) is 4.68 Å². The number of nitrogens with zero attached hydrogens (tertiary/aromatic N) is 3. The lowest BCUT2D eigenvalue weighted by molar-refractivity contribution is 0.0695. The molecule has 1 N–H and O–H groups in total. The number of halogens is 1. The Balaban J connectivity index is 2.60. The second kappa shape index (κ2) is 3.73. The van der Waals surface area contributed by atoms with Crippen LogP contribution in [0.15, 0.2) is 24.7 Å². The molecule has 0 amide bonds. The Bertz CT molecular complexity index is 551. The molecular formula is C10H8FN3O2. The van der Waals surface area contributed by atoms with Crippen LogP contribution in [0.5, 0.6) is 0 Å². The van der Waals surface area contributed by atoms with Gasteiger partial charge in [-0.25, -0.2) is 18.9 Å². The molecule has 0 fully saturated rings. The molecule has 2 rings (SSSR count). The zero-order valence-corrected chi connectivity index (χ0v) is 8.38. The summed E-state index contributed by atoms with van der Waals surface area (Å²) in [6, 6.07) is 0.918. The smallest absolute Gasteiger partial charge is 0.339 e. The molecule has 0 spiro atoms. The normalized spacial score (nSPS) is 10.4. The molecule has 0 aliphatic rings. The Kier molecular flexibility index (Phi) is 2.40. The zero-order valence-electron chi connectivity index (χ0n) is 8.38.